The lowest BCUT2D eigenvalue weighted by molar-refractivity contribution is 0.0244. The van der Waals surface area contributed by atoms with Gasteiger partial charge in [0.2, 0.25) is 5.76 Å². The molecule has 0 spiro atoms. The Balaban J connectivity index is 2.34. The molecule has 0 aliphatic rings. The summed E-state index contributed by atoms with van der Waals surface area (Å²) < 4.78 is 9.97. The highest BCUT2D eigenvalue weighted by atomic mass is 16.5. The third kappa shape index (κ3) is 4.87. The van der Waals surface area contributed by atoms with E-state index in [1.807, 2.05) is 0 Å². The van der Waals surface area contributed by atoms with Gasteiger partial charge in [-0.05, 0) is 19.1 Å². The minimum Gasteiger partial charge on any atom is -0.475 e. The van der Waals surface area contributed by atoms with Crippen molar-refractivity contribution < 1.29 is 24.2 Å². The summed E-state index contributed by atoms with van der Waals surface area (Å²) in [7, 11) is 1.58. The van der Waals surface area contributed by atoms with E-state index < -0.39 is 11.6 Å². The SMILES string of the molecule is COCCC(C)(O)CNCc1ccc(C(=O)O)o1. The topological polar surface area (TPSA) is 91.9 Å². The standard InChI is InChI=1S/C12H19NO5/c1-12(16,5-6-17-2)8-13-7-9-3-4-10(18-9)11(14)15/h3-4,13,16H,5-8H2,1-2H3,(H,14,15). The first kappa shape index (κ1) is 14.7. The van der Waals surface area contributed by atoms with Crippen LogP contribution in [0.4, 0.5) is 0 Å². The molecule has 0 saturated heterocycles. The van der Waals surface area contributed by atoms with Crippen molar-refractivity contribution in [1.82, 2.24) is 5.32 Å². The minimum absolute atomic E-state index is 0.0852. The van der Waals surface area contributed by atoms with Crippen LogP contribution < -0.4 is 5.32 Å². The molecule has 0 amide bonds. The molecule has 3 N–H and O–H groups in total. The Morgan fingerprint density at radius 1 is 1.56 bits per heavy atom. The monoisotopic (exact) mass is 257 g/mol. The average Bonchev–Trinajstić information content (AvgIpc) is 2.75. The van der Waals surface area contributed by atoms with E-state index in [9.17, 15) is 9.90 Å². The average molecular weight is 257 g/mol. The molecule has 0 aromatic carbocycles. The van der Waals surface area contributed by atoms with Gasteiger partial charge in [0.05, 0.1) is 12.1 Å². The van der Waals surface area contributed by atoms with Crippen LogP contribution in [0.1, 0.15) is 29.7 Å². The summed E-state index contributed by atoms with van der Waals surface area (Å²) in [6.07, 6.45) is 0.523. The van der Waals surface area contributed by atoms with Crippen molar-refractivity contribution in [2.75, 3.05) is 20.3 Å². The molecule has 102 valence electrons. The number of methoxy groups -OCH3 is 1. The Morgan fingerprint density at radius 2 is 2.28 bits per heavy atom. The zero-order chi connectivity index (χ0) is 13.6. The van der Waals surface area contributed by atoms with Gasteiger partial charge in [0.1, 0.15) is 5.76 Å². The largest absolute Gasteiger partial charge is 0.475 e. The first-order valence-corrected chi connectivity index (χ1v) is 5.68. The van der Waals surface area contributed by atoms with Gasteiger partial charge in [-0.1, -0.05) is 0 Å². The maximum atomic E-state index is 10.6. The van der Waals surface area contributed by atoms with E-state index in [2.05, 4.69) is 5.32 Å². The molecule has 0 bridgehead atoms. The molecule has 1 atom stereocenters. The van der Waals surface area contributed by atoms with E-state index in [-0.39, 0.29) is 5.76 Å². The van der Waals surface area contributed by atoms with Crippen molar-refractivity contribution in [3.05, 3.63) is 23.7 Å². The molecule has 1 rings (SSSR count). The summed E-state index contributed by atoms with van der Waals surface area (Å²) in [6.45, 7) is 2.94. The molecule has 0 radical (unpaired) electrons. The van der Waals surface area contributed by atoms with Gasteiger partial charge in [-0.25, -0.2) is 4.79 Å². The number of hydrogen-bond donors (Lipinski definition) is 3. The quantitative estimate of drug-likeness (QED) is 0.639. The van der Waals surface area contributed by atoms with Gasteiger partial charge in [-0.3, -0.25) is 0 Å². The Kier molecular flexibility index (Phi) is 5.33. The molecule has 1 unspecified atom stereocenters. The number of carbonyl (C=O) groups is 1. The molecule has 0 aliphatic carbocycles. The number of hydrogen-bond acceptors (Lipinski definition) is 5. The van der Waals surface area contributed by atoms with Crippen molar-refractivity contribution >= 4 is 5.97 Å². The molecule has 18 heavy (non-hydrogen) atoms. The number of aliphatic hydroxyl groups is 1. The van der Waals surface area contributed by atoms with Gasteiger partial charge in [0.25, 0.3) is 0 Å². The molecule has 6 heteroatoms. The molecule has 0 saturated carbocycles. The van der Waals surface area contributed by atoms with E-state index in [1.165, 1.54) is 6.07 Å². The lowest BCUT2D eigenvalue weighted by Gasteiger charge is -2.23. The fourth-order valence-corrected chi connectivity index (χ4v) is 1.45. The predicted octanol–water partition coefficient (Wildman–Crippen LogP) is 0.855. The zero-order valence-corrected chi connectivity index (χ0v) is 10.6. The van der Waals surface area contributed by atoms with Crippen LogP contribution in [0.5, 0.6) is 0 Å². The summed E-state index contributed by atoms with van der Waals surface area (Å²) >= 11 is 0. The summed E-state index contributed by atoms with van der Waals surface area (Å²) in [6, 6.07) is 3.00. The summed E-state index contributed by atoms with van der Waals surface area (Å²) in [4.78, 5) is 10.6. The third-order valence-electron chi connectivity index (χ3n) is 2.52. The second kappa shape index (κ2) is 6.53. The van der Waals surface area contributed by atoms with Crippen molar-refractivity contribution in [3.8, 4) is 0 Å². The van der Waals surface area contributed by atoms with Gasteiger partial charge in [-0.15, -0.1) is 0 Å². The van der Waals surface area contributed by atoms with Gasteiger partial charge >= 0.3 is 5.97 Å². The number of aromatic carboxylic acids is 1. The van der Waals surface area contributed by atoms with Gasteiger partial charge in [0.15, 0.2) is 0 Å². The normalized spacial score (nSPS) is 14.4. The van der Waals surface area contributed by atoms with Crippen molar-refractivity contribution in [2.24, 2.45) is 0 Å². The van der Waals surface area contributed by atoms with E-state index in [0.29, 0.717) is 31.9 Å². The molecule has 1 aromatic heterocycles. The second-order valence-corrected chi connectivity index (χ2v) is 4.41. The van der Waals surface area contributed by atoms with Crippen LogP contribution in [-0.4, -0.2) is 42.0 Å². The molecule has 0 aliphatic heterocycles. The Bertz CT molecular complexity index is 386. The first-order valence-electron chi connectivity index (χ1n) is 5.68. The smallest absolute Gasteiger partial charge is 0.371 e. The van der Waals surface area contributed by atoms with Crippen molar-refractivity contribution in [3.63, 3.8) is 0 Å². The Labute approximate surface area is 106 Å². The summed E-state index contributed by atoms with van der Waals surface area (Å²) in [5.41, 5.74) is -0.863. The van der Waals surface area contributed by atoms with Crippen LogP contribution in [0.25, 0.3) is 0 Å². The highest BCUT2D eigenvalue weighted by molar-refractivity contribution is 5.84. The lowest BCUT2D eigenvalue weighted by Crippen LogP contribution is -2.38. The fourth-order valence-electron chi connectivity index (χ4n) is 1.45. The molecule has 6 nitrogen and oxygen atoms in total. The van der Waals surface area contributed by atoms with Crippen LogP contribution in [-0.2, 0) is 11.3 Å². The van der Waals surface area contributed by atoms with E-state index in [1.54, 1.807) is 20.1 Å². The first-order chi connectivity index (χ1) is 8.44. The maximum absolute atomic E-state index is 10.6. The van der Waals surface area contributed by atoms with Crippen LogP contribution in [0, 0.1) is 0 Å². The lowest BCUT2D eigenvalue weighted by atomic mass is 10.0. The summed E-state index contributed by atoms with van der Waals surface area (Å²) in [5, 5.41) is 21.6. The fraction of sp³-hybridized carbons (Fsp3) is 0.583. The second-order valence-electron chi connectivity index (χ2n) is 4.41. The van der Waals surface area contributed by atoms with Crippen LogP contribution >= 0.6 is 0 Å². The van der Waals surface area contributed by atoms with E-state index in [4.69, 9.17) is 14.3 Å². The zero-order valence-electron chi connectivity index (χ0n) is 10.6. The number of ether oxygens (including phenoxy) is 1. The molecule has 0 fully saturated rings. The van der Waals surface area contributed by atoms with Crippen LogP contribution in [0.3, 0.4) is 0 Å². The highest BCUT2D eigenvalue weighted by Gasteiger charge is 2.19. The number of nitrogens with one attached hydrogen (secondary N) is 1. The minimum atomic E-state index is -1.09. The molecule has 1 heterocycles. The molecular weight excluding hydrogens is 238 g/mol. The van der Waals surface area contributed by atoms with Crippen LogP contribution in [0.2, 0.25) is 0 Å². The maximum Gasteiger partial charge on any atom is 0.371 e. The third-order valence-corrected chi connectivity index (χ3v) is 2.52. The van der Waals surface area contributed by atoms with Gasteiger partial charge in [0, 0.05) is 26.7 Å². The van der Waals surface area contributed by atoms with E-state index in [0.717, 1.165) is 0 Å². The molecule has 1 aromatic rings. The van der Waals surface area contributed by atoms with Gasteiger partial charge in [-0.2, -0.15) is 0 Å². The Hall–Kier alpha value is -1.37. The Morgan fingerprint density at radius 3 is 2.83 bits per heavy atom. The van der Waals surface area contributed by atoms with Crippen LogP contribution in [0.15, 0.2) is 16.5 Å². The van der Waals surface area contributed by atoms with Crippen molar-refractivity contribution in [2.45, 2.75) is 25.5 Å². The summed E-state index contributed by atoms with van der Waals surface area (Å²) in [5.74, 6) is -0.652. The van der Waals surface area contributed by atoms with Crippen molar-refractivity contribution in [1.29, 1.82) is 0 Å². The number of carboxylic acid groups (broad SMARTS) is 1. The molecular formula is C12H19NO5. The van der Waals surface area contributed by atoms with Gasteiger partial charge < -0.3 is 24.7 Å². The number of carboxylic acids is 1. The predicted molar refractivity (Wildman–Crippen MR) is 64.5 cm³/mol. The number of furan rings is 1. The van der Waals surface area contributed by atoms with E-state index >= 15 is 0 Å². The number of rotatable bonds is 8. The highest BCUT2D eigenvalue weighted by Crippen LogP contribution is 2.10.